The van der Waals surface area contributed by atoms with Gasteiger partial charge in [-0.3, -0.25) is 0 Å². The molecule has 0 saturated heterocycles. The van der Waals surface area contributed by atoms with Crippen molar-refractivity contribution >= 4 is 0 Å². The molecule has 0 aromatic heterocycles. The van der Waals surface area contributed by atoms with Crippen molar-refractivity contribution in [2.24, 2.45) is 0 Å². The van der Waals surface area contributed by atoms with Crippen LogP contribution in [0, 0.1) is 6.42 Å². The summed E-state index contributed by atoms with van der Waals surface area (Å²) >= 11 is 0. The van der Waals surface area contributed by atoms with Crippen LogP contribution in [0.2, 0.25) is 0 Å². The van der Waals surface area contributed by atoms with E-state index >= 15 is 0 Å². The van der Waals surface area contributed by atoms with E-state index in [2.05, 4.69) is 19.9 Å². The summed E-state index contributed by atoms with van der Waals surface area (Å²) in [5.74, 6) is 0. The number of rotatable bonds is 1. The van der Waals surface area contributed by atoms with Gasteiger partial charge in [0.15, 0.2) is 0 Å². The third-order valence-corrected chi connectivity index (χ3v) is 0.500. The standard InChI is InChI=1S/C6H11.Y/c1-4-5-6(2)3;/h4-5H,1-3H3;/q-1;. The zero-order valence-corrected chi connectivity index (χ0v) is 8.07. The first kappa shape index (κ1) is 10.7. The van der Waals surface area contributed by atoms with Gasteiger partial charge in [0.05, 0.1) is 0 Å². The van der Waals surface area contributed by atoms with E-state index in [1.165, 1.54) is 5.57 Å². The first-order chi connectivity index (χ1) is 2.77. The molecule has 0 aliphatic rings. The van der Waals surface area contributed by atoms with Crippen molar-refractivity contribution in [3.63, 3.8) is 0 Å². The molecule has 39 valence electrons. The molecule has 0 amide bonds. The van der Waals surface area contributed by atoms with E-state index in [0.717, 1.165) is 0 Å². The second kappa shape index (κ2) is 6.71. The van der Waals surface area contributed by atoms with Crippen molar-refractivity contribution in [3.05, 3.63) is 18.1 Å². The van der Waals surface area contributed by atoms with Gasteiger partial charge in [0.1, 0.15) is 0 Å². The molecule has 0 aliphatic heterocycles. The van der Waals surface area contributed by atoms with Crippen LogP contribution in [0.25, 0.3) is 0 Å². The Kier molecular flexibility index (Phi) is 10.2. The third kappa shape index (κ3) is 10.8. The fourth-order valence-electron chi connectivity index (χ4n) is 0.333. The molecule has 0 aromatic carbocycles. The maximum atomic E-state index is 2.08. The van der Waals surface area contributed by atoms with Crippen LogP contribution < -0.4 is 0 Å². The minimum absolute atomic E-state index is 0. The van der Waals surface area contributed by atoms with Crippen LogP contribution in [0.3, 0.4) is 0 Å². The van der Waals surface area contributed by atoms with E-state index in [0.29, 0.717) is 0 Å². The van der Waals surface area contributed by atoms with Crippen LogP contribution in [-0.2, 0) is 32.7 Å². The minimum atomic E-state index is 0. The Bertz CT molecular complexity index is 51.2. The number of allylic oxidation sites excluding steroid dienone is 2. The van der Waals surface area contributed by atoms with Gasteiger partial charge in [-0.2, -0.15) is 0 Å². The molecular weight excluding hydrogens is 161 g/mol. The SMILES string of the molecule is C[CH-]C=C(C)C.[Y]. The molecule has 0 aliphatic carbocycles. The van der Waals surface area contributed by atoms with Gasteiger partial charge in [-0.05, 0) is 0 Å². The molecule has 0 spiro atoms. The average molecular weight is 172 g/mol. The molecule has 0 rings (SSSR count). The van der Waals surface area contributed by atoms with E-state index in [1.54, 1.807) is 0 Å². The Morgan fingerprint density at radius 2 is 1.86 bits per heavy atom. The van der Waals surface area contributed by atoms with Crippen LogP contribution in [0.1, 0.15) is 20.8 Å². The first-order valence-electron chi connectivity index (χ1n) is 2.20. The third-order valence-electron chi connectivity index (χ3n) is 0.500. The van der Waals surface area contributed by atoms with Crippen LogP contribution in [0.4, 0.5) is 0 Å². The topological polar surface area (TPSA) is 0 Å². The van der Waals surface area contributed by atoms with Crippen LogP contribution in [-0.4, -0.2) is 0 Å². The summed E-state index contributed by atoms with van der Waals surface area (Å²) in [4.78, 5) is 0. The maximum Gasteiger partial charge on any atom is 0 e. The largest absolute Gasteiger partial charge is 0.233 e. The van der Waals surface area contributed by atoms with E-state index in [-0.39, 0.29) is 32.7 Å². The van der Waals surface area contributed by atoms with Crippen molar-refractivity contribution in [1.82, 2.24) is 0 Å². The molecule has 0 N–H and O–H groups in total. The molecule has 1 radical (unpaired) electrons. The summed E-state index contributed by atoms with van der Waals surface area (Å²) in [6.07, 6.45) is 4.12. The Morgan fingerprint density at radius 3 is 1.86 bits per heavy atom. The zero-order chi connectivity index (χ0) is 4.99. The van der Waals surface area contributed by atoms with Crippen LogP contribution >= 0.6 is 0 Å². The predicted molar refractivity (Wildman–Crippen MR) is 29.4 cm³/mol. The van der Waals surface area contributed by atoms with Gasteiger partial charge < -0.3 is 0 Å². The smallest absolute Gasteiger partial charge is 0 e. The average Bonchev–Trinajstić information content (AvgIpc) is 1.35. The Morgan fingerprint density at radius 1 is 1.43 bits per heavy atom. The fourth-order valence-corrected chi connectivity index (χ4v) is 0.333. The summed E-state index contributed by atoms with van der Waals surface area (Å²) in [6, 6.07) is 0. The first-order valence-corrected chi connectivity index (χ1v) is 2.20. The van der Waals surface area contributed by atoms with Gasteiger partial charge in [-0.1, -0.05) is 0 Å². The molecule has 0 heterocycles. The predicted octanol–water partition coefficient (Wildman–Crippen LogP) is 2.17. The maximum absolute atomic E-state index is 2.08. The van der Waals surface area contributed by atoms with Gasteiger partial charge >= 0.3 is 0 Å². The van der Waals surface area contributed by atoms with Crippen molar-refractivity contribution in [2.45, 2.75) is 20.8 Å². The quantitative estimate of drug-likeness (QED) is 0.531. The molecule has 7 heavy (non-hydrogen) atoms. The van der Waals surface area contributed by atoms with Gasteiger partial charge in [0.25, 0.3) is 0 Å². The van der Waals surface area contributed by atoms with E-state index < -0.39 is 0 Å². The molecule has 1 heteroatoms. The van der Waals surface area contributed by atoms with Gasteiger partial charge in [-0.15, -0.1) is 20.8 Å². The second-order valence-electron chi connectivity index (χ2n) is 1.58. The summed E-state index contributed by atoms with van der Waals surface area (Å²) in [6.45, 7) is 6.19. The summed E-state index contributed by atoms with van der Waals surface area (Å²) in [5, 5.41) is 0. The Balaban J connectivity index is 0. The van der Waals surface area contributed by atoms with Crippen LogP contribution in [0.5, 0.6) is 0 Å². The summed E-state index contributed by atoms with van der Waals surface area (Å²) in [5.41, 5.74) is 1.36. The number of hydrogen-bond donors (Lipinski definition) is 0. The van der Waals surface area contributed by atoms with Gasteiger partial charge in [0, 0.05) is 32.7 Å². The molecular formula is C6H11Y-. The fraction of sp³-hybridized carbons (Fsp3) is 0.500. The molecule has 0 bridgehead atoms. The van der Waals surface area contributed by atoms with E-state index in [1.807, 2.05) is 13.3 Å². The molecule has 0 saturated carbocycles. The minimum Gasteiger partial charge on any atom is -0.233 e. The summed E-state index contributed by atoms with van der Waals surface area (Å²) < 4.78 is 0. The second-order valence-corrected chi connectivity index (χ2v) is 1.58. The van der Waals surface area contributed by atoms with Gasteiger partial charge in [0.2, 0.25) is 0 Å². The molecule has 0 nitrogen and oxygen atoms in total. The monoisotopic (exact) mass is 172 g/mol. The normalized spacial score (nSPS) is 6.14. The number of hydrogen-bond acceptors (Lipinski definition) is 0. The van der Waals surface area contributed by atoms with Crippen molar-refractivity contribution in [2.75, 3.05) is 0 Å². The van der Waals surface area contributed by atoms with Crippen molar-refractivity contribution in [3.8, 4) is 0 Å². The zero-order valence-electron chi connectivity index (χ0n) is 5.23. The van der Waals surface area contributed by atoms with E-state index in [9.17, 15) is 0 Å². The molecule has 0 unspecified atom stereocenters. The molecule has 0 fully saturated rings. The Labute approximate surface area is 71.3 Å². The summed E-state index contributed by atoms with van der Waals surface area (Å²) in [7, 11) is 0. The van der Waals surface area contributed by atoms with Gasteiger partial charge in [-0.25, -0.2) is 18.1 Å². The van der Waals surface area contributed by atoms with Crippen molar-refractivity contribution < 1.29 is 32.7 Å². The molecule has 0 atom stereocenters. The van der Waals surface area contributed by atoms with Crippen molar-refractivity contribution in [1.29, 1.82) is 0 Å². The van der Waals surface area contributed by atoms with Crippen LogP contribution in [0.15, 0.2) is 11.6 Å². The Hall–Kier alpha value is 0.714. The van der Waals surface area contributed by atoms with E-state index in [4.69, 9.17) is 0 Å². The molecule has 0 aromatic rings.